The second kappa shape index (κ2) is 9.32. The van der Waals surface area contributed by atoms with E-state index in [2.05, 4.69) is 15.5 Å². The summed E-state index contributed by atoms with van der Waals surface area (Å²) in [4.78, 5) is 23.6. The molecule has 0 unspecified atom stereocenters. The van der Waals surface area contributed by atoms with Gasteiger partial charge >= 0.3 is 0 Å². The van der Waals surface area contributed by atoms with E-state index in [0.717, 1.165) is 5.56 Å². The molecule has 166 valence electrons. The Balaban J connectivity index is 1.58. The molecule has 1 amide bonds. The quantitative estimate of drug-likeness (QED) is 0.236. The highest BCUT2D eigenvalue weighted by atomic mass is 35.5. The SMILES string of the molecule is Cc1cccc(Oc2cc(NC(=O)c3cc(-c4ccc(Cl)cc4Cl)n[nH]3)cc([N+](=O)[O-])c2)c1. The van der Waals surface area contributed by atoms with Crippen molar-refractivity contribution < 1.29 is 14.5 Å². The van der Waals surface area contributed by atoms with Gasteiger partial charge in [0.2, 0.25) is 0 Å². The predicted octanol–water partition coefficient (Wildman–Crippen LogP) is 6.64. The minimum absolute atomic E-state index is 0.142. The Kier molecular flexibility index (Phi) is 6.30. The van der Waals surface area contributed by atoms with Crippen LogP contribution in [0.5, 0.6) is 11.5 Å². The fraction of sp³-hybridized carbons (Fsp3) is 0.0435. The molecule has 0 spiro atoms. The summed E-state index contributed by atoms with van der Waals surface area (Å²) in [6.07, 6.45) is 0. The number of non-ortho nitro benzene ring substituents is 1. The minimum Gasteiger partial charge on any atom is -0.457 e. The van der Waals surface area contributed by atoms with Crippen molar-refractivity contribution in [1.82, 2.24) is 10.2 Å². The number of hydrogen-bond acceptors (Lipinski definition) is 5. The van der Waals surface area contributed by atoms with Gasteiger partial charge in [-0.15, -0.1) is 0 Å². The van der Waals surface area contributed by atoms with Gasteiger partial charge in [0.15, 0.2) is 0 Å². The first-order chi connectivity index (χ1) is 15.8. The average molecular weight is 483 g/mol. The topological polar surface area (TPSA) is 110 Å². The number of hydrogen-bond donors (Lipinski definition) is 2. The maximum Gasteiger partial charge on any atom is 0.275 e. The number of aryl methyl sites for hydroxylation is 1. The van der Waals surface area contributed by atoms with E-state index in [1.165, 1.54) is 24.3 Å². The van der Waals surface area contributed by atoms with Crippen molar-refractivity contribution in [1.29, 1.82) is 0 Å². The summed E-state index contributed by atoms with van der Waals surface area (Å²) in [5.74, 6) is 0.190. The number of carbonyl (C=O) groups is 1. The molecule has 0 aliphatic carbocycles. The summed E-state index contributed by atoms with van der Waals surface area (Å²) < 4.78 is 5.76. The number of nitro groups is 1. The Labute approximate surface area is 198 Å². The second-order valence-corrected chi connectivity index (χ2v) is 7.98. The molecule has 0 saturated heterocycles. The Morgan fingerprint density at radius 1 is 1.06 bits per heavy atom. The van der Waals surface area contributed by atoms with Gasteiger partial charge in [-0.25, -0.2) is 0 Å². The molecule has 1 heterocycles. The molecular formula is C23H16Cl2N4O4. The van der Waals surface area contributed by atoms with Crippen LogP contribution in [0.25, 0.3) is 11.3 Å². The number of nitrogens with zero attached hydrogens (tertiary/aromatic N) is 2. The lowest BCUT2D eigenvalue weighted by atomic mass is 10.1. The Bertz CT molecular complexity index is 1370. The first-order valence-electron chi connectivity index (χ1n) is 9.65. The summed E-state index contributed by atoms with van der Waals surface area (Å²) in [5, 5.41) is 21.6. The fourth-order valence-electron chi connectivity index (χ4n) is 3.11. The molecule has 4 rings (SSSR count). The zero-order valence-electron chi connectivity index (χ0n) is 17.1. The van der Waals surface area contributed by atoms with E-state index in [9.17, 15) is 14.9 Å². The number of rotatable bonds is 6. The van der Waals surface area contributed by atoms with E-state index in [1.807, 2.05) is 19.1 Å². The average Bonchev–Trinajstić information content (AvgIpc) is 3.23. The smallest absolute Gasteiger partial charge is 0.275 e. The molecule has 33 heavy (non-hydrogen) atoms. The predicted molar refractivity (Wildman–Crippen MR) is 126 cm³/mol. The van der Waals surface area contributed by atoms with E-state index in [0.29, 0.717) is 27.1 Å². The summed E-state index contributed by atoms with van der Waals surface area (Å²) in [7, 11) is 0. The zero-order chi connectivity index (χ0) is 23.5. The summed E-state index contributed by atoms with van der Waals surface area (Å²) in [6, 6.07) is 17.7. The van der Waals surface area contributed by atoms with Crippen molar-refractivity contribution in [3.05, 3.63) is 98.1 Å². The van der Waals surface area contributed by atoms with Crippen LogP contribution in [0.2, 0.25) is 10.0 Å². The van der Waals surface area contributed by atoms with Gasteiger partial charge in [-0.3, -0.25) is 20.0 Å². The largest absolute Gasteiger partial charge is 0.457 e. The first-order valence-corrected chi connectivity index (χ1v) is 10.4. The van der Waals surface area contributed by atoms with Crippen molar-refractivity contribution >= 4 is 40.5 Å². The molecule has 0 bridgehead atoms. The molecular weight excluding hydrogens is 467 g/mol. The van der Waals surface area contributed by atoms with Gasteiger partial charge in [0.25, 0.3) is 11.6 Å². The third-order valence-electron chi connectivity index (χ3n) is 4.61. The van der Waals surface area contributed by atoms with Gasteiger partial charge in [0.05, 0.1) is 27.4 Å². The Hall–Kier alpha value is -3.88. The molecule has 3 aromatic carbocycles. The van der Waals surface area contributed by atoms with E-state index >= 15 is 0 Å². The molecule has 0 fully saturated rings. The lowest BCUT2D eigenvalue weighted by Crippen LogP contribution is -2.12. The highest BCUT2D eigenvalue weighted by Crippen LogP contribution is 2.31. The van der Waals surface area contributed by atoms with Gasteiger partial charge in [0.1, 0.15) is 17.2 Å². The monoisotopic (exact) mass is 482 g/mol. The third kappa shape index (κ3) is 5.31. The van der Waals surface area contributed by atoms with Crippen molar-refractivity contribution in [2.45, 2.75) is 6.92 Å². The fourth-order valence-corrected chi connectivity index (χ4v) is 3.61. The number of H-pyrrole nitrogens is 1. The number of benzene rings is 3. The van der Waals surface area contributed by atoms with Crippen LogP contribution in [0.4, 0.5) is 11.4 Å². The van der Waals surface area contributed by atoms with Crippen LogP contribution in [-0.2, 0) is 0 Å². The number of aromatic nitrogens is 2. The van der Waals surface area contributed by atoms with Crippen molar-refractivity contribution in [3.63, 3.8) is 0 Å². The summed E-state index contributed by atoms with van der Waals surface area (Å²) in [5.41, 5.74) is 2.13. The van der Waals surface area contributed by atoms with Crippen LogP contribution in [0.15, 0.2) is 66.7 Å². The maximum absolute atomic E-state index is 12.7. The maximum atomic E-state index is 12.7. The molecule has 0 saturated carbocycles. The van der Waals surface area contributed by atoms with Gasteiger partial charge in [0, 0.05) is 22.7 Å². The van der Waals surface area contributed by atoms with Crippen molar-refractivity contribution in [3.8, 4) is 22.8 Å². The van der Waals surface area contributed by atoms with Crippen LogP contribution in [-0.4, -0.2) is 21.0 Å². The third-order valence-corrected chi connectivity index (χ3v) is 5.16. The standard InChI is InChI=1S/C23H16Cl2N4O4/c1-13-3-2-4-17(7-13)33-18-10-15(9-16(11-18)29(31)32)26-23(30)22-12-21(27-28-22)19-6-5-14(24)8-20(19)25/h2-12H,1H3,(H,26,30)(H,27,28). The molecule has 1 aromatic heterocycles. The minimum atomic E-state index is -0.560. The lowest BCUT2D eigenvalue weighted by Gasteiger charge is -2.09. The molecule has 8 nitrogen and oxygen atoms in total. The number of aromatic amines is 1. The number of carbonyl (C=O) groups excluding carboxylic acids is 1. The van der Waals surface area contributed by atoms with Gasteiger partial charge in [-0.05, 0) is 48.9 Å². The normalized spacial score (nSPS) is 10.6. The van der Waals surface area contributed by atoms with Crippen LogP contribution in [0, 0.1) is 17.0 Å². The molecule has 0 aliphatic heterocycles. The van der Waals surface area contributed by atoms with E-state index in [4.69, 9.17) is 27.9 Å². The molecule has 0 aliphatic rings. The number of nitro benzene ring substituents is 1. The van der Waals surface area contributed by atoms with E-state index < -0.39 is 10.8 Å². The molecule has 0 radical (unpaired) electrons. The van der Waals surface area contributed by atoms with Crippen molar-refractivity contribution in [2.75, 3.05) is 5.32 Å². The summed E-state index contributed by atoms with van der Waals surface area (Å²) in [6.45, 7) is 1.90. The second-order valence-electron chi connectivity index (χ2n) is 7.14. The highest BCUT2D eigenvalue weighted by Gasteiger charge is 2.17. The van der Waals surface area contributed by atoms with Gasteiger partial charge < -0.3 is 10.1 Å². The van der Waals surface area contributed by atoms with Crippen LogP contribution < -0.4 is 10.1 Å². The molecule has 10 heteroatoms. The number of halogens is 2. The Morgan fingerprint density at radius 3 is 2.61 bits per heavy atom. The van der Waals surface area contributed by atoms with E-state index in [1.54, 1.807) is 30.3 Å². The highest BCUT2D eigenvalue weighted by molar-refractivity contribution is 6.36. The number of amides is 1. The molecule has 2 N–H and O–H groups in total. The van der Waals surface area contributed by atoms with Gasteiger partial charge in [-0.2, -0.15) is 5.10 Å². The molecule has 0 atom stereocenters. The molecule has 4 aromatic rings. The van der Waals surface area contributed by atoms with Crippen LogP contribution in [0.3, 0.4) is 0 Å². The van der Waals surface area contributed by atoms with Crippen molar-refractivity contribution in [2.24, 2.45) is 0 Å². The Morgan fingerprint density at radius 2 is 1.88 bits per heavy atom. The van der Waals surface area contributed by atoms with Crippen LogP contribution in [0.1, 0.15) is 16.1 Å². The van der Waals surface area contributed by atoms with E-state index in [-0.39, 0.29) is 22.8 Å². The summed E-state index contributed by atoms with van der Waals surface area (Å²) >= 11 is 12.1. The number of nitrogens with one attached hydrogen (secondary N) is 2. The number of anilines is 1. The lowest BCUT2D eigenvalue weighted by molar-refractivity contribution is -0.384. The van der Waals surface area contributed by atoms with Crippen LogP contribution >= 0.6 is 23.2 Å². The van der Waals surface area contributed by atoms with Gasteiger partial charge in [-0.1, -0.05) is 35.3 Å². The number of ether oxygens (including phenoxy) is 1. The zero-order valence-corrected chi connectivity index (χ0v) is 18.6. The first kappa shape index (κ1) is 22.3.